The van der Waals surface area contributed by atoms with Gasteiger partial charge >= 0.3 is 0 Å². The summed E-state index contributed by atoms with van der Waals surface area (Å²) in [6.45, 7) is 0.0193. The van der Waals surface area contributed by atoms with Crippen LogP contribution in [0.4, 0.5) is 11.4 Å². The van der Waals surface area contributed by atoms with Crippen molar-refractivity contribution in [1.29, 1.82) is 5.41 Å². The molecule has 3 aromatic heterocycles. The molecule has 1 saturated carbocycles. The van der Waals surface area contributed by atoms with Crippen molar-refractivity contribution in [2.75, 3.05) is 18.5 Å². The van der Waals surface area contributed by atoms with E-state index >= 15 is 0 Å². The average Bonchev–Trinajstić information content (AvgIpc) is 3.69. The summed E-state index contributed by atoms with van der Waals surface area (Å²) < 4.78 is 0. The molecule has 0 bridgehead atoms. The molecule has 0 saturated heterocycles. The minimum atomic E-state index is -0.476. The van der Waals surface area contributed by atoms with Crippen molar-refractivity contribution in [2.45, 2.75) is 18.8 Å². The van der Waals surface area contributed by atoms with Crippen LogP contribution < -0.4 is 16.0 Å². The molecule has 4 rings (SSSR count). The number of halogens is 1. The van der Waals surface area contributed by atoms with Crippen LogP contribution in [-0.2, 0) is 0 Å². The lowest BCUT2D eigenvalue weighted by Crippen LogP contribution is -2.34. The molecule has 0 radical (unpaired) electrons. The van der Waals surface area contributed by atoms with Crippen molar-refractivity contribution in [3.8, 4) is 0 Å². The summed E-state index contributed by atoms with van der Waals surface area (Å²) in [6, 6.07) is 6.96. The minimum Gasteiger partial charge on any atom is -0.395 e. The Morgan fingerprint density at radius 2 is 1.97 bits per heavy atom. The lowest BCUT2D eigenvalue weighted by molar-refractivity contribution is 0.0958. The molecule has 0 atom stereocenters. The van der Waals surface area contributed by atoms with E-state index in [1.165, 1.54) is 18.6 Å². The van der Waals surface area contributed by atoms with Gasteiger partial charge in [0.15, 0.2) is 5.69 Å². The molecule has 34 heavy (non-hydrogen) atoms. The molecule has 11 heteroatoms. The van der Waals surface area contributed by atoms with E-state index in [0.29, 0.717) is 28.0 Å². The highest BCUT2D eigenvalue weighted by molar-refractivity contribution is 6.30. The van der Waals surface area contributed by atoms with Crippen LogP contribution in [0.5, 0.6) is 0 Å². The number of rotatable bonds is 10. The second-order valence-corrected chi connectivity index (χ2v) is 8.03. The maximum absolute atomic E-state index is 13.3. The Bertz CT molecular complexity index is 1200. The molecule has 3 heterocycles. The average molecular weight is 479 g/mol. The van der Waals surface area contributed by atoms with Gasteiger partial charge in [0.05, 0.1) is 46.8 Å². The molecule has 1 aliphatic carbocycles. The number of carbonyl (C=O) groups excluding carboxylic acids is 1. The zero-order valence-electron chi connectivity index (χ0n) is 18.1. The number of pyridine rings is 2. The van der Waals surface area contributed by atoms with Gasteiger partial charge in [-0.25, -0.2) is 15.0 Å². The van der Waals surface area contributed by atoms with Crippen molar-refractivity contribution < 1.29 is 9.90 Å². The molecule has 0 aliphatic heterocycles. The second-order valence-electron chi connectivity index (χ2n) is 7.60. The van der Waals surface area contributed by atoms with E-state index in [9.17, 15) is 9.90 Å². The zero-order chi connectivity index (χ0) is 23.9. The second kappa shape index (κ2) is 10.8. The number of allylic oxidation sites excluding steroid dienone is 1. The Morgan fingerprint density at radius 1 is 1.18 bits per heavy atom. The number of hydrogen-bond donors (Lipinski definition) is 5. The van der Waals surface area contributed by atoms with E-state index in [0.717, 1.165) is 18.5 Å². The van der Waals surface area contributed by atoms with Crippen LogP contribution in [-0.4, -0.2) is 49.8 Å². The first-order chi connectivity index (χ1) is 16.5. The maximum atomic E-state index is 13.3. The summed E-state index contributed by atoms with van der Waals surface area (Å²) in [5, 5.41) is 26.8. The minimum absolute atomic E-state index is 0.0527. The first-order valence-corrected chi connectivity index (χ1v) is 11.0. The van der Waals surface area contributed by atoms with Crippen molar-refractivity contribution >= 4 is 34.6 Å². The molecule has 1 aliphatic rings. The smallest absolute Gasteiger partial charge is 0.277 e. The maximum Gasteiger partial charge on any atom is 0.277 e. The Balaban J connectivity index is 1.60. The quantitative estimate of drug-likeness (QED) is 0.279. The zero-order valence-corrected chi connectivity index (χ0v) is 18.9. The van der Waals surface area contributed by atoms with Crippen molar-refractivity contribution in [3.05, 3.63) is 83.2 Å². The molecule has 3 aromatic rings. The Morgan fingerprint density at radius 3 is 2.65 bits per heavy atom. The van der Waals surface area contributed by atoms with Crippen molar-refractivity contribution in [1.82, 2.24) is 30.6 Å². The Labute approximate surface area is 201 Å². The molecule has 0 aromatic carbocycles. The number of carbonyl (C=O) groups is 1. The van der Waals surface area contributed by atoms with E-state index in [1.54, 1.807) is 24.5 Å². The van der Waals surface area contributed by atoms with Gasteiger partial charge in [-0.3, -0.25) is 15.2 Å². The lowest BCUT2D eigenvalue weighted by Gasteiger charge is -2.15. The van der Waals surface area contributed by atoms with Gasteiger partial charge in [0, 0.05) is 30.4 Å². The van der Waals surface area contributed by atoms with Gasteiger partial charge in [0.2, 0.25) is 0 Å². The number of anilines is 2. The molecular weight excluding hydrogens is 456 g/mol. The standard InChI is InChI=1S/C23H23ClN8O2/c24-15-3-4-19(29-10-15)17(25)9-21(28-7-8-33)32-23(34)22-20(30-16-11-26-13-27-12-16)6-5-18(31-22)14-1-2-14/h3-6,9-14,25,28,30,33H,1-2,7-8H2,(H,32,34)/b21-9+,25-17?. The van der Waals surface area contributed by atoms with Gasteiger partial charge in [-0.15, -0.1) is 0 Å². The summed E-state index contributed by atoms with van der Waals surface area (Å²) in [7, 11) is 0. The molecule has 174 valence electrons. The number of nitrogens with one attached hydrogen (secondary N) is 4. The van der Waals surface area contributed by atoms with Gasteiger partial charge < -0.3 is 21.1 Å². The summed E-state index contributed by atoms with van der Waals surface area (Å²) in [6.07, 6.45) is 9.56. The highest BCUT2D eigenvalue weighted by Gasteiger charge is 2.27. The van der Waals surface area contributed by atoms with E-state index in [1.807, 2.05) is 12.1 Å². The molecule has 1 fully saturated rings. The molecular formula is C23H23ClN8O2. The summed E-state index contributed by atoms with van der Waals surface area (Å²) >= 11 is 5.87. The van der Waals surface area contributed by atoms with E-state index < -0.39 is 5.91 Å². The molecule has 0 unspecified atom stereocenters. The molecule has 0 spiro atoms. The topological polar surface area (TPSA) is 149 Å². The first-order valence-electron chi connectivity index (χ1n) is 10.6. The van der Waals surface area contributed by atoms with Crippen molar-refractivity contribution in [3.63, 3.8) is 0 Å². The fourth-order valence-electron chi connectivity index (χ4n) is 3.13. The SMILES string of the molecule is N=C(/C=C(\NCCO)NC(=O)c1nc(C2CC2)ccc1Nc1cncnc1)c1ccc(Cl)cn1. The highest BCUT2D eigenvalue weighted by Crippen LogP contribution is 2.39. The van der Waals surface area contributed by atoms with E-state index in [2.05, 4.69) is 35.9 Å². The normalized spacial score (nSPS) is 13.3. The first kappa shape index (κ1) is 23.3. The largest absolute Gasteiger partial charge is 0.395 e. The highest BCUT2D eigenvalue weighted by atomic mass is 35.5. The summed E-state index contributed by atoms with van der Waals surface area (Å²) in [5.41, 5.74) is 2.59. The number of aromatic nitrogens is 4. The molecule has 1 amide bonds. The predicted molar refractivity (Wildman–Crippen MR) is 128 cm³/mol. The van der Waals surface area contributed by atoms with Crippen LogP contribution in [0.2, 0.25) is 5.02 Å². The third-order valence-electron chi connectivity index (χ3n) is 4.93. The monoisotopic (exact) mass is 478 g/mol. The van der Waals surface area contributed by atoms with Crippen LogP contribution in [0.1, 0.15) is 40.6 Å². The van der Waals surface area contributed by atoms with Gasteiger partial charge in [-0.05, 0) is 37.1 Å². The third-order valence-corrected chi connectivity index (χ3v) is 5.16. The number of aliphatic hydroxyl groups is 1. The van der Waals surface area contributed by atoms with Gasteiger partial charge in [-0.2, -0.15) is 0 Å². The van der Waals surface area contributed by atoms with E-state index in [4.69, 9.17) is 17.0 Å². The summed E-state index contributed by atoms with van der Waals surface area (Å²) in [4.78, 5) is 30.0. The number of nitrogens with zero attached hydrogens (tertiary/aromatic N) is 4. The fraction of sp³-hybridized carbons (Fsp3) is 0.217. The number of hydrogen-bond acceptors (Lipinski definition) is 9. The molecule has 10 nitrogen and oxygen atoms in total. The number of aliphatic hydroxyl groups excluding tert-OH is 1. The number of amides is 1. The lowest BCUT2D eigenvalue weighted by atomic mass is 10.2. The summed E-state index contributed by atoms with van der Waals surface area (Å²) in [5.74, 6) is 0.108. The van der Waals surface area contributed by atoms with Crippen molar-refractivity contribution in [2.24, 2.45) is 0 Å². The Kier molecular flexibility index (Phi) is 7.41. The van der Waals surface area contributed by atoms with Crippen LogP contribution in [0.15, 0.2) is 61.1 Å². The van der Waals surface area contributed by atoms with Gasteiger partial charge in [0.1, 0.15) is 12.1 Å². The molecule has 5 N–H and O–H groups in total. The van der Waals surface area contributed by atoms with Crippen LogP contribution in [0, 0.1) is 5.41 Å². The van der Waals surface area contributed by atoms with Crippen LogP contribution >= 0.6 is 11.6 Å². The van der Waals surface area contributed by atoms with Gasteiger partial charge in [-0.1, -0.05) is 11.6 Å². The fourth-order valence-corrected chi connectivity index (χ4v) is 3.24. The van der Waals surface area contributed by atoms with Crippen LogP contribution in [0.3, 0.4) is 0 Å². The van der Waals surface area contributed by atoms with Gasteiger partial charge in [0.25, 0.3) is 5.91 Å². The van der Waals surface area contributed by atoms with Crippen LogP contribution in [0.25, 0.3) is 0 Å². The Hall–Kier alpha value is -3.89. The van der Waals surface area contributed by atoms with E-state index in [-0.39, 0.29) is 30.4 Å². The predicted octanol–water partition coefficient (Wildman–Crippen LogP) is 2.76. The third kappa shape index (κ3) is 6.12.